The normalized spacial score (nSPS) is 10.8. The van der Waals surface area contributed by atoms with Crippen molar-refractivity contribution in [3.8, 4) is 34.3 Å². The zero-order valence-electron chi connectivity index (χ0n) is 16.0. The maximum atomic E-state index is 13.0. The van der Waals surface area contributed by atoms with Gasteiger partial charge in [-0.2, -0.15) is 0 Å². The Bertz CT molecular complexity index is 1090. The minimum Gasteiger partial charge on any atom is -0.507 e. The van der Waals surface area contributed by atoms with Crippen molar-refractivity contribution in [1.29, 1.82) is 0 Å². The molecule has 28 heavy (non-hydrogen) atoms. The molecule has 2 aromatic carbocycles. The van der Waals surface area contributed by atoms with E-state index in [1.807, 2.05) is 6.92 Å². The number of ether oxygens (including phenoxy) is 2. The van der Waals surface area contributed by atoms with Gasteiger partial charge in [-0.25, -0.2) is 0 Å². The SMILES string of the molecule is C=C(C)CCc1c(O)cc(O)c2c(=O)c(OC)c(-c3ccc(OC)cc3)oc12. The van der Waals surface area contributed by atoms with Crippen molar-refractivity contribution in [2.24, 2.45) is 0 Å². The van der Waals surface area contributed by atoms with Crippen LogP contribution in [0.4, 0.5) is 0 Å². The van der Waals surface area contributed by atoms with Crippen molar-refractivity contribution in [3.05, 3.63) is 58.3 Å². The van der Waals surface area contributed by atoms with Gasteiger partial charge in [0, 0.05) is 17.2 Å². The zero-order valence-corrected chi connectivity index (χ0v) is 16.0. The molecule has 0 unspecified atom stereocenters. The van der Waals surface area contributed by atoms with E-state index in [1.165, 1.54) is 7.11 Å². The summed E-state index contributed by atoms with van der Waals surface area (Å²) < 4.78 is 16.5. The number of benzene rings is 2. The lowest BCUT2D eigenvalue weighted by Crippen LogP contribution is -2.09. The first-order chi connectivity index (χ1) is 13.4. The van der Waals surface area contributed by atoms with Crippen LogP contribution in [0.1, 0.15) is 18.9 Å². The second-order valence-corrected chi connectivity index (χ2v) is 6.58. The lowest BCUT2D eigenvalue weighted by molar-refractivity contribution is 0.396. The minimum atomic E-state index is -0.511. The highest BCUT2D eigenvalue weighted by Crippen LogP contribution is 2.39. The molecule has 0 atom stereocenters. The van der Waals surface area contributed by atoms with Crippen molar-refractivity contribution in [3.63, 3.8) is 0 Å². The van der Waals surface area contributed by atoms with Crippen LogP contribution in [0.2, 0.25) is 0 Å². The largest absolute Gasteiger partial charge is 0.507 e. The molecular weight excluding hydrogens is 360 g/mol. The van der Waals surface area contributed by atoms with Gasteiger partial charge in [-0.05, 0) is 44.0 Å². The molecule has 0 radical (unpaired) electrons. The van der Waals surface area contributed by atoms with Crippen LogP contribution >= 0.6 is 0 Å². The van der Waals surface area contributed by atoms with E-state index < -0.39 is 5.43 Å². The van der Waals surface area contributed by atoms with Crippen molar-refractivity contribution in [2.45, 2.75) is 19.8 Å². The zero-order chi connectivity index (χ0) is 20.4. The quantitative estimate of drug-likeness (QED) is 0.615. The van der Waals surface area contributed by atoms with Gasteiger partial charge in [-0.1, -0.05) is 5.57 Å². The van der Waals surface area contributed by atoms with E-state index in [2.05, 4.69) is 6.58 Å². The second kappa shape index (κ2) is 7.68. The third-order valence-electron chi connectivity index (χ3n) is 4.54. The number of allylic oxidation sites excluding steroid dienone is 1. The van der Waals surface area contributed by atoms with Crippen LogP contribution in [-0.2, 0) is 6.42 Å². The predicted octanol–water partition coefficient (Wildman–Crippen LogP) is 4.40. The summed E-state index contributed by atoms with van der Waals surface area (Å²) >= 11 is 0. The highest BCUT2D eigenvalue weighted by Gasteiger charge is 2.23. The molecule has 0 aliphatic rings. The number of phenols is 2. The Balaban J connectivity index is 2.33. The molecule has 0 aliphatic carbocycles. The monoisotopic (exact) mass is 382 g/mol. The fraction of sp³-hybridized carbons (Fsp3) is 0.227. The van der Waals surface area contributed by atoms with Crippen molar-refractivity contribution >= 4 is 11.0 Å². The second-order valence-electron chi connectivity index (χ2n) is 6.58. The summed E-state index contributed by atoms with van der Waals surface area (Å²) in [5, 5.41) is 20.6. The number of rotatable bonds is 6. The van der Waals surface area contributed by atoms with E-state index in [9.17, 15) is 15.0 Å². The molecule has 0 aliphatic heterocycles. The molecule has 0 saturated heterocycles. The van der Waals surface area contributed by atoms with Gasteiger partial charge in [0.1, 0.15) is 28.2 Å². The average Bonchev–Trinajstić information content (AvgIpc) is 2.67. The predicted molar refractivity (Wildman–Crippen MR) is 107 cm³/mol. The van der Waals surface area contributed by atoms with Crippen molar-refractivity contribution in [1.82, 2.24) is 0 Å². The Morgan fingerprint density at radius 2 is 1.79 bits per heavy atom. The van der Waals surface area contributed by atoms with Gasteiger partial charge < -0.3 is 24.1 Å². The Hall–Kier alpha value is -3.41. The lowest BCUT2D eigenvalue weighted by atomic mass is 10.0. The van der Waals surface area contributed by atoms with Gasteiger partial charge in [-0.15, -0.1) is 6.58 Å². The number of methoxy groups -OCH3 is 2. The van der Waals surface area contributed by atoms with Crippen LogP contribution in [0.25, 0.3) is 22.3 Å². The third kappa shape index (κ3) is 3.41. The van der Waals surface area contributed by atoms with E-state index in [0.29, 0.717) is 29.7 Å². The number of hydrogen-bond acceptors (Lipinski definition) is 6. The summed E-state index contributed by atoms with van der Waals surface area (Å²) in [6.07, 6.45) is 1.01. The Labute approximate surface area is 162 Å². The van der Waals surface area contributed by atoms with Crippen LogP contribution in [0.5, 0.6) is 23.0 Å². The summed E-state index contributed by atoms with van der Waals surface area (Å²) in [5.41, 5.74) is 1.58. The van der Waals surface area contributed by atoms with Crippen LogP contribution in [-0.4, -0.2) is 24.4 Å². The first-order valence-corrected chi connectivity index (χ1v) is 8.74. The van der Waals surface area contributed by atoms with Gasteiger partial charge >= 0.3 is 0 Å². The number of fused-ring (bicyclic) bond motifs is 1. The standard InChI is InChI=1S/C22H22O6/c1-12(2)5-10-15-16(23)11-17(24)18-19(25)22(27-4)20(28-21(15)18)13-6-8-14(26-3)9-7-13/h6-9,11,23-24H,1,5,10H2,2-4H3. The van der Waals surface area contributed by atoms with Gasteiger partial charge in [0.05, 0.1) is 14.2 Å². The molecule has 6 heteroatoms. The molecular formula is C22H22O6. The van der Waals surface area contributed by atoms with E-state index in [-0.39, 0.29) is 34.0 Å². The molecule has 146 valence electrons. The fourth-order valence-electron chi connectivity index (χ4n) is 3.07. The van der Waals surface area contributed by atoms with E-state index in [4.69, 9.17) is 13.9 Å². The van der Waals surface area contributed by atoms with Gasteiger partial charge in [0.15, 0.2) is 5.76 Å². The Kier molecular flexibility index (Phi) is 5.31. The third-order valence-corrected chi connectivity index (χ3v) is 4.54. The average molecular weight is 382 g/mol. The van der Waals surface area contributed by atoms with E-state index in [1.54, 1.807) is 31.4 Å². The summed E-state index contributed by atoms with van der Waals surface area (Å²) in [6.45, 7) is 5.75. The summed E-state index contributed by atoms with van der Waals surface area (Å²) in [6, 6.07) is 8.10. The summed E-state index contributed by atoms with van der Waals surface area (Å²) in [4.78, 5) is 13.0. The summed E-state index contributed by atoms with van der Waals surface area (Å²) in [7, 11) is 2.93. The number of hydrogen-bond donors (Lipinski definition) is 2. The van der Waals surface area contributed by atoms with Crippen LogP contribution in [0.3, 0.4) is 0 Å². The molecule has 1 heterocycles. The van der Waals surface area contributed by atoms with Crippen molar-refractivity contribution in [2.75, 3.05) is 14.2 Å². The highest BCUT2D eigenvalue weighted by atomic mass is 16.5. The first-order valence-electron chi connectivity index (χ1n) is 8.74. The Morgan fingerprint density at radius 1 is 1.11 bits per heavy atom. The van der Waals surface area contributed by atoms with E-state index >= 15 is 0 Å². The molecule has 2 N–H and O–H groups in total. The van der Waals surface area contributed by atoms with Gasteiger partial charge in [0.25, 0.3) is 0 Å². The Morgan fingerprint density at radius 3 is 2.36 bits per heavy atom. The molecule has 1 aromatic heterocycles. The molecule has 6 nitrogen and oxygen atoms in total. The molecule has 0 amide bonds. The molecule has 0 bridgehead atoms. The van der Waals surface area contributed by atoms with Gasteiger partial charge in [-0.3, -0.25) is 4.79 Å². The number of phenolic OH excluding ortho intramolecular Hbond substituents is 2. The van der Waals surface area contributed by atoms with E-state index in [0.717, 1.165) is 11.6 Å². The van der Waals surface area contributed by atoms with Gasteiger partial charge in [0.2, 0.25) is 11.2 Å². The van der Waals surface area contributed by atoms with Crippen molar-refractivity contribution < 1.29 is 24.1 Å². The van der Waals surface area contributed by atoms with Crippen LogP contribution in [0.15, 0.2) is 51.7 Å². The van der Waals surface area contributed by atoms with Crippen LogP contribution < -0.4 is 14.9 Å². The highest BCUT2D eigenvalue weighted by molar-refractivity contribution is 5.91. The maximum Gasteiger partial charge on any atom is 0.239 e. The minimum absolute atomic E-state index is 0.0236. The smallest absolute Gasteiger partial charge is 0.239 e. The first kappa shape index (κ1) is 19.4. The number of aromatic hydroxyl groups is 2. The topological polar surface area (TPSA) is 89.1 Å². The number of aryl methyl sites for hydroxylation is 1. The molecule has 0 saturated carbocycles. The molecule has 3 aromatic rings. The van der Waals surface area contributed by atoms with Crippen LogP contribution in [0, 0.1) is 0 Å². The molecule has 0 spiro atoms. The molecule has 0 fully saturated rings. The maximum absolute atomic E-state index is 13.0. The fourth-order valence-corrected chi connectivity index (χ4v) is 3.07. The lowest BCUT2D eigenvalue weighted by Gasteiger charge is -2.14. The molecule has 3 rings (SSSR count). The summed E-state index contributed by atoms with van der Waals surface area (Å²) in [5.74, 6) is 0.345.